The van der Waals surface area contributed by atoms with Crippen LogP contribution in [0.1, 0.15) is 36.0 Å². The second-order valence-corrected chi connectivity index (χ2v) is 4.62. The van der Waals surface area contributed by atoms with Crippen LogP contribution in [0, 0.1) is 0 Å². The first kappa shape index (κ1) is 12.9. The minimum absolute atomic E-state index is 0.136. The quantitative estimate of drug-likeness (QED) is 0.618. The maximum Gasteiger partial charge on any atom is 0.253 e. The Balaban J connectivity index is 1.70. The van der Waals surface area contributed by atoms with Gasteiger partial charge < -0.3 is 15.8 Å². The molecule has 1 aromatic carbocycles. The zero-order chi connectivity index (χ0) is 12.8. The third kappa shape index (κ3) is 3.47. The lowest BCUT2D eigenvalue weighted by Gasteiger charge is -2.12. The van der Waals surface area contributed by atoms with Crippen molar-refractivity contribution in [2.45, 2.75) is 31.8 Å². The minimum Gasteiger partial charge on any atom is -0.398 e. The Morgan fingerprint density at radius 1 is 1.33 bits per heavy atom. The summed E-state index contributed by atoms with van der Waals surface area (Å²) in [6.07, 6.45) is 5.22. The Bertz CT molecular complexity index is 401. The SMILES string of the molecule is Nc1ccccc1C(=O)NCCOC1CCCC1. The first-order valence-electron chi connectivity index (χ1n) is 6.51. The van der Waals surface area contributed by atoms with Crippen molar-refractivity contribution in [3.63, 3.8) is 0 Å². The molecule has 18 heavy (non-hydrogen) atoms. The fraction of sp³-hybridized carbons (Fsp3) is 0.500. The predicted molar refractivity (Wildman–Crippen MR) is 71.4 cm³/mol. The number of nitrogen functional groups attached to an aromatic ring is 1. The van der Waals surface area contributed by atoms with E-state index in [-0.39, 0.29) is 5.91 Å². The Morgan fingerprint density at radius 3 is 2.78 bits per heavy atom. The van der Waals surface area contributed by atoms with Crippen molar-refractivity contribution >= 4 is 11.6 Å². The molecule has 0 spiro atoms. The highest BCUT2D eigenvalue weighted by Crippen LogP contribution is 2.20. The molecular formula is C14H20N2O2. The Morgan fingerprint density at radius 2 is 2.06 bits per heavy atom. The van der Waals surface area contributed by atoms with Gasteiger partial charge in [0.25, 0.3) is 5.91 Å². The van der Waals surface area contributed by atoms with Crippen LogP contribution >= 0.6 is 0 Å². The van der Waals surface area contributed by atoms with Gasteiger partial charge in [-0.2, -0.15) is 0 Å². The van der Waals surface area contributed by atoms with E-state index < -0.39 is 0 Å². The van der Waals surface area contributed by atoms with Crippen LogP contribution in [0.25, 0.3) is 0 Å². The van der Waals surface area contributed by atoms with Crippen LogP contribution in [0.2, 0.25) is 0 Å². The molecule has 0 heterocycles. The normalized spacial score (nSPS) is 15.8. The number of hydrogen-bond acceptors (Lipinski definition) is 3. The van der Waals surface area contributed by atoms with E-state index in [1.54, 1.807) is 18.2 Å². The lowest BCUT2D eigenvalue weighted by Crippen LogP contribution is -2.29. The maximum absolute atomic E-state index is 11.8. The zero-order valence-electron chi connectivity index (χ0n) is 10.5. The number of anilines is 1. The highest BCUT2D eigenvalue weighted by atomic mass is 16.5. The summed E-state index contributed by atoms with van der Waals surface area (Å²) in [6, 6.07) is 7.07. The van der Waals surface area contributed by atoms with E-state index in [1.165, 1.54) is 12.8 Å². The Labute approximate surface area is 108 Å². The van der Waals surface area contributed by atoms with E-state index in [9.17, 15) is 4.79 Å². The Hall–Kier alpha value is -1.55. The highest BCUT2D eigenvalue weighted by molar-refractivity contribution is 5.98. The summed E-state index contributed by atoms with van der Waals surface area (Å²) in [6.45, 7) is 1.10. The van der Waals surface area contributed by atoms with Crippen LogP contribution in [0.4, 0.5) is 5.69 Å². The van der Waals surface area contributed by atoms with E-state index in [0.717, 1.165) is 12.8 Å². The third-order valence-corrected chi connectivity index (χ3v) is 3.25. The van der Waals surface area contributed by atoms with E-state index in [2.05, 4.69) is 5.32 Å². The van der Waals surface area contributed by atoms with Crippen LogP contribution in [-0.2, 0) is 4.74 Å². The summed E-state index contributed by atoms with van der Waals surface area (Å²) >= 11 is 0. The molecule has 0 bridgehead atoms. The average Bonchev–Trinajstić information content (AvgIpc) is 2.88. The van der Waals surface area contributed by atoms with Gasteiger partial charge in [-0.15, -0.1) is 0 Å². The molecule has 0 aromatic heterocycles. The molecule has 1 amide bonds. The topological polar surface area (TPSA) is 64.4 Å². The van der Waals surface area contributed by atoms with Gasteiger partial charge in [0, 0.05) is 12.2 Å². The number of amides is 1. The summed E-state index contributed by atoms with van der Waals surface area (Å²) in [4.78, 5) is 11.8. The molecule has 1 aliphatic rings. The monoisotopic (exact) mass is 248 g/mol. The number of hydrogen-bond donors (Lipinski definition) is 2. The smallest absolute Gasteiger partial charge is 0.253 e. The summed E-state index contributed by atoms with van der Waals surface area (Å²) in [5, 5.41) is 2.82. The molecule has 98 valence electrons. The molecule has 1 aliphatic carbocycles. The molecule has 3 N–H and O–H groups in total. The summed E-state index contributed by atoms with van der Waals surface area (Å²) in [5.41, 5.74) is 6.77. The number of ether oxygens (including phenoxy) is 1. The second kappa shape index (κ2) is 6.40. The molecule has 0 saturated heterocycles. The van der Waals surface area contributed by atoms with Gasteiger partial charge in [-0.25, -0.2) is 0 Å². The predicted octanol–water partition coefficient (Wildman–Crippen LogP) is 1.96. The number of rotatable bonds is 5. The van der Waals surface area contributed by atoms with Crippen molar-refractivity contribution in [1.82, 2.24) is 5.32 Å². The van der Waals surface area contributed by atoms with E-state index in [1.807, 2.05) is 6.07 Å². The molecular weight excluding hydrogens is 228 g/mol. The molecule has 0 atom stereocenters. The molecule has 0 unspecified atom stereocenters. The molecule has 1 aromatic rings. The van der Waals surface area contributed by atoms with Crippen molar-refractivity contribution in [3.8, 4) is 0 Å². The second-order valence-electron chi connectivity index (χ2n) is 4.62. The number of nitrogens with two attached hydrogens (primary N) is 1. The van der Waals surface area contributed by atoms with Gasteiger partial charge >= 0.3 is 0 Å². The molecule has 0 radical (unpaired) electrons. The van der Waals surface area contributed by atoms with E-state index in [0.29, 0.717) is 30.5 Å². The molecule has 4 heteroatoms. The van der Waals surface area contributed by atoms with Gasteiger partial charge in [0.2, 0.25) is 0 Å². The molecule has 1 fully saturated rings. The largest absolute Gasteiger partial charge is 0.398 e. The number of para-hydroxylation sites is 1. The van der Waals surface area contributed by atoms with E-state index in [4.69, 9.17) is 10.5 Å². The molecule has 2 rings (SSSR count). The van der Waals surface area contributed by atoms with Crippen LogP contribution in [0.15, 0.2) is 24.3 Å². The number of carbonyl (C=O) groups is 1. The van der Waals surface area contributed by atoms with Gasteiger partial charge in [-0.1, -0.05) is 25.0 Å². The number of benzene rings is 1. The van der Waals surface area contributed by atoms with Crippen LogP contribution in [0.5, 0.6) is 0 Å². The van der Waals surface area contributed by atoms with Gasteiger partial charge in [0.05, 0.1) is 18.3 Å². The van der Waals surface area contributed by atoms with Crippen LogP contribution in [-0.4, -0.2) is 25.2 Å². The van der Waals surface area contributed by atoms with Crippen LogP contribution in [0.3, 0.4) is 0 Å². The lowest BCUT2D eigenvalue weighted by molar-refractivity contribution is 0.0582. The first-order chi connectivity index (χ1) is 8.77. The van der Waals surface area contributed by atoms with Crippen molar-refractivity contribution in [2.24, 2.45) is 0 Å². The highest BCUT2D eigenvalue weighted by Gasteiger charge is 2.15. The van der Waals surface area contributed by atoms with E-state index >= 15 is 0 Å². The van der Waals surface area contributed by atoms with Crippen molar-refractivity contribution in [3.05, 3.63) is 29.8 Å². The van der Waals surface area contributed by atoms with Crippen LogP contribution < -0.4 is 11.1 Å². The van der Waals surface area contributed by atoms with Gasteiger partial charge in [-0.05, 0) is 25.0 Å². The minimum atomic E-state index is -0.136. The summed E-state index contributed by atoms with van der Waals surface area (Å²) in [5.74, 6) is -0.136. The standard InChI is InChI=1S/C14H20N2O2/c15-13-8-4-3-7-12(13)14(17)16-9-10-18-11-5-1-2-6-11/h3-4,7-8,11H,1-2,5-6,9-10,15H2,(H,16,17). The lowest BCUT2D eigenvalue weighted by atomic mass is 10.2. The first-order valence-corrected chi connectivity index (χ1v) is 6.51. The number of nitrogens with one attached hydrogen (secondary N) is 1. The maximum atomic E-state index is 11.8. The average molecular weight is 248 g/mol. The van der Waals surface area contributed by atoms with Crippen molar-refractivity contribution in [2.75, 3.05) is 18.9 Å². The van der Waals surface area contributed by atoms with Gasteiger partial charge in [0.1, 0.15) is 0 Å². The zero-order valence-corrected chi connectivity index (χ0v) is 10.5. The van der Waals surface area contributed by atoms with Gasteiger partial charge in [-0.3, -0.25) is 4.79 Å². The number of carbonyl (C=O) groups excluding carboxylic acids is 1. The Kier molecular flexibility index (Phi) is 4.59. The fourth-order valence-electron chi connectivity index (χ4n) is 2.24. The van der Waals surface area contributed by atoms with Gasteiger partial charge in [0.15, 0.2) is 0 Å². The molecule has 0 aliphatic heterocycles. The van der Waals surface area contributed by atoms with Crippen molar-refractivity contribution in [1.29, 1.82) is 0 Å². The molecule has 1 saturated carbocycles. The summed E-state index contributed by atoms with van der Waals surface area (Å²) in [7, 11) is 0. The fourth-order valence-corrected chi connectivity index (χ4v) is 2.24. The summed E-state index contributed by atoms with van der Waals surface area (Å²) < 4.78 is 5.67. The van der Waals surface area contributed by atoms with Crippen molar-refractivity contribution < 1.29 is 9.53 Å². The third-order valence-electron chi connectivity index (χ3n) is 3.25. The molecule has 4 nitrogen and oxygen atoms in total.